The maximum atomic E-state index is 13.3. The molecule has 1 unspecified atom stereocenters. The van der Waals surface area contributed by atoms with E-state index in [1.54, 1.807) is 30.5 Å². The number of hydrogen-bond acceptors (Lipinski definition) is 5. The van der Waals surface area contributed by atoms with Crippen LogP contribution in [0.3, 0.4) is 0 Å². The van der Waals surface area contributed by atoms with Crippen LogP contribution in [0.25, 0.3) is 11.0 Å². The zero-order valence-electron chi connectivity index (χ0n) is 17.0. The molecule has 3 aromatic rings. The van der Waals surface area contributed by atoms with Crippen LogP contribution in [0.15, 0.2) is 53.1 Å². The van der Waals surface area contributed by atoms with E-state index in [2.05, 4.69) is 10.3 Å². The Morgan fingerprint density at radius 1 is 1.23 bits per heavy atom. The number of carbonyl (C=O) groups excluding carboxylic acids is 2. The first-order valence-electron chi connectivity index (χ1n) is 10.3. The fourth-order valence-electron chi connectivity index (χ4n) is 3.82. The number of furan rings is 1. The van der Waals surface area contributed by atoms with E-state index in [1.807, 2.05) is 30.0 Å². The fraction of sp³-hybridized carbons (Fsp3) is 0.348. The molecule has 1 aromatic carbocycles. The number of benzene rings is 1. The molecule has 7 heteroatoms. The van der Waals surface area contributed by atoms with Crippen molar-refractivity contribution in [3.05, 3.63) is 60.1 Å². The summed E-state index contributed by atoms with van der Waals surface area (Å²) < 4.78 is 11.0. The van der Waals surface area contributed by atoms with Gasteiger partial charge in [0.25, 0.3) is 5.91 Å². The maximum absolute atomic E-state index is 13.3. The van der Waals surface area contributed by atoms with Gasteiger partial charge in [-0.1, -0.05) is 6.07 Å². The highest BCUT2D eigenvalue weighted by Crippen LogP contribution is 2.32. The molecular weight excluding hydrogens is 382 g/mol. The fourth-order valence-corrected chi connectivity index (χ4v) is 3.82. The number of rotatable bonds is 6. The number of carbonyl (C=O) groups is 2. The van der Waals surface area contributed by atoms with Crippen LogP contribution in [-0.2, 0) is 9.53 Å². The predicted octanol–water partition coefficient (Wildman–Crippen LogP) is 4.17. The van der Waals surface area contributed by atoms with Gasteiger partial charge in [0, 0.05) is 30.4 Å². The molecule has 0 spiro atoms. The van der Waals surface area contributed by atoms with Crippen LogP contribution in [0.1, 0.15) is 48.5 Å². The van der Waals surface area contributed by atoms with Crippen molar-refractivity contribution < 1.29 is 18.7 Å². The van der Waals surface area contributed by atoms with Gasteiger partial charge in [0.1, 0.15) is 12.2 Å². The number of aromatic nitrogens is 1. The van der Waals surface area contributed by atoms with Gasteiger partial charge in [-0.15, -0.1) is 0 Å². The van der Waals surface area contributed by atoms with Crippen molar-refractivity contribution in [2.75, 3.05) is 25.1 Å². The maximum Gasteiger partial charge on any atom is 0.290 e. The summed E-state index contributed by atoms with van der Waals surface area (Å²) >= 11 is 0. The van der Waals surface area contributed by atoms with Crippen LogP contribution < -0.4 is 5.32 Å². The van der Waals surface area contributed by atoms with Crippen LogP contribution in [0.5, 0.6) is 0 Å². The van der Waals surface area contributed by atoms with Crippen LogP contribution in [0.4, 0.5) is 5.69 Å². The van der Waals surface area contributed by atoms with Crippen molar-refractivity contribution in [2.24, 2.45) is 0 Å². The van der Waals surface area contributed by atoms with E-state index in [-0.39, 0.29) is 24.5 Å². The summed E-state index contributed by atoms with van der Waals surface area (Å²) in [5, 5.41) is 3.55. The average molecular weight is 407 g/mol. The average Bonchev–Trinajstić information content (AvgIpc) is 3.21. The molecule has 1 N–H and O–H groups in total. The highest BCUT2D eigenvalue weighted by molar-refractivity contribution is 5.98. The van der Waals surface area contributed by atoms with Crippen LogP contribution in [0.2, 0.25) is 0 Å². The summed E-state index contributed by atoms with van der Waals surface area (Å²) in [6.45, 7) is 3.00. The molecule has 2 aromatic heterocycles. The Bertz CT molecular complexity index is 1030. The van der Waals surface area contributed by atoms with Gasteiger partial charge in [0.05, 0.1) is 11.7 Å². The summed E-state index contributed by atoms with van der Waals surface area (Å²) in [4.78, 5) is 31.4. The minimum atomic E-state index is -0.220. The topological polar surface area (TPSA) is 84.7 Å². The number of amides is 2. The lowest BCUT2D eigenvalue weighted by molar-refractivity contribution is -0.120. The lowest BCUT2D eigenvalue weighted by Crippen LogP contribution is -2.38. The first-order valence-corrected chi connectivity index (χ1v) is 10.3. The third-order valence-corrected chi connectivity index (χ3v) is 5.24. The molecule has 1 aliphatic heterocycles. The number of piperidine rings is 1. The number of fused-ring (bicyclic) bond motifs is 1. The van der Waals surface area contributed by atoms with Gasteiger partial charge in [0.2, 0.25) is 5.91 Å². The minimum Gasteiger partial charge on any atom is -0.451 e. The highest BCUT2D eigenvalue weighted by Gasteiger charge is 2.31. The van der Waals surface area contributed by atoms with Crippen molar-refractivity contribution in [1.82, 2.24) is 9.88 Å². The predicted molar refractivity (Wildman–Crippen MR) is 113 cm³/mol. The summed E-state index contributed by atoms with van der Waals surface area (Å²) in [5.74, 6) is -0.0587. The molecule has 156 valence electrons. The first kappa shape index (κ1) is 20.1. The number of nitrogens with one attached hydrogen (secondary N) is 1. The van der Waals surface area contributed by atoms with Crippen molar-refractivity contribution in [3.63, 3.8) is 0 Å². The standard InChI is InChI=1S/C23H25N3O4/c1-2-29-15-22(27)25-17-9-10-20-16(13-17)14-21(30-20)23(28)26-12-6-4-8-19(26)18-7-3-5-11-24-18/h3,5,7,9-11,13-14,19H,2,4,6,8,12,15H2,1H3,(H,25,27). The quantitative estimate of drug-likeness (QED) is 0.663. The van der Waals surface area contributed by atoms with Crippen LogP contribution >= 0.6 is 0 Å². The van der Waals surface area contributed by atoms with Gasteiger partial charge in [-0.3, -0.25) is 14.6 Å². The van der Waals surface area contributed by atoms with Crippen LogP contribution in [-0.4, -0.2) is 41.5 Å². The van der Waals surface area contributed by atoms with E-state index in [0.717, 1.165) is 30.3 Å². The lowest BCUT2D eigenvalue weighted by Gasteiger charge is -2.34. The molecule has 3 heterocycles. The molecule has 2 amide bonds. The number of likely N-dealkylation sites (tertiary alicyclic amines) is 1. The third kappa shape index (κ3) is 4.36. The molecule has 0 saturated carbocycles. The molecule has 0 bridgehead atoms. The minimum absolute atomic E-state index is 0.00747. The zero-order chi connectivity index (χ0) is 20.9. The highest BCUT2D eigenvalue weighted by atomic mass is 16.5. The largest absolute Gasteiger partial charge is 0.451 e. The molecule has 1 aliphatic rings. The summed E-state index contributed by atoms with van der Waals surface area (Å²) in [6, 6.07) is 12.8. The number of hydrogen-bond donors (Lipinski definition) is 1. The Balaban J connectivity index is 1.54. The Hall–Kier alpha value is -3.19. The van der Waals surface area contributed by atoms with E-state index >= 15 is 0 Å². The molecule has 1 saturated heterocycles. The van der Waals surface area contributed by atoms with Gasteiger partial charge in [0.15, 0.2) is 5.76 Å². The second kappa shape index (κ2) is 9.09. The van der Waals surface area contributed by atoms with Gasteiger partial charge >= 0.3 is 0 Å². The molecule has 1 fully saturated rings. The lowest BCUT2D eigenvalue weighted by atomic mass is 9.98. The van der Waals surface area contributed by atoms with Crippen molar-refractivity contribution in [2.45, 2.75) is 32.2 Å². The Kier molecular flexibility index (Phi) is 6.09. The van der Waals surface area contributed by atoms with Crippen molar-refractivity contribution >= 4 is 28.5 Å². The molecular formula is C23H25N3O4. The van der Waals surface area contributed by atoms with Gasteiger partial charge < -0.3 is 19.4 Å². The van der Waals surface area contributed by atoms with Crippen molar-refractivity contribution in [3.8, 4) is 0 Å². The smallest absolute Gasteiger partial charge is 0.290 e. The van der Waals surface area contributed by atoms with Gasteiger partial charge in [-0.25, -0.2) is 0 Å². The first-order chi connectivity index (χ1) is 14.7. The second-order valence-corrected chi connectivity index (χ2v) is 7.31. The molecule has 0 radical (unpaired) electrons. The summed E-state index contributed by atoms with van der Waals surface area (Å²) in [6.07, 6.45) is 4.68. The van der Waals surface area contributed by atoms with E-state index < -0.39 is 0 Å². The molecule has 0 aliphatic carbocycles. The van der Waals surface area contributed by atoms with E-state index in [9.17, 15) is 9.59 Å². The number of ether oxygens (including phenoxy) is 1. The Labute approximate surface area is 175 Å². The van der Waals surface area contributed by atoms with Crippen molar-refractivity contribution in [1.29, 1.82) is 0 Å². The summed E-state index contributed by atoms with van der Waals surface area (Å²) in [7, 11) is 0. The molecule has 7 nitrogen and oxygen atoms in total. The monoisotopic (exact) mass is 407 g/mol. The normalized spacial score (nSPS) is 16.6. The number of anilines is 1. The molecule has 4 rings (SSSR count). The van der Waals surface area contributed by atoms with E-state index in [4.69, 9.17) is 9.15 Å². The number of nitrogens with zero attached hydrogens (tertiary/aromatic N) is 2. The SMILES string of the molecule is CCOCC(=O)Nc1ccc2oc(C(=O)N3CCCCC3c3ccccn3)cc2c1. The second-order valence-electron chi connectivity index (χ2n) is 7.31. The molecule has 1 atom stereocenters. The van der Waals surface area contributed by atoms with Gasteiger partial charge in [-0.2, -0.15) is 0 Å². The zero-order valence-corrected chi connectivity index (χ0v) is 17.0. The van der Waals surface area contributed by atoms with Gasteiger partial charge in [-0.05, 0) is 62.6 Å². The third-order valence-electron chi connectivity index (χ3n) is 5.24. The number of pyridine rings is 1. The summed E-state index contributed by atoms with van der Waals surface area (Å²) in [5.41, 5.74) is 2.14. The molecule has 30 heavy (non-hydrogen) atoms. The Morgan fingerprint density at radius 3 is 2.93 bits per heavy atom. The van der Waals surface area contributed by atoms with E-state index in [1.165, 1.54) is 0 Å². The Morgan fingerprint density at radius 2 is 2.13 bits per heavy atom. The van der Waals surface area contributed by atoms with Crippen LogP contribution in [0, 0.1) is 0 Å². The van der Waals surface area contributed by atoms with E-state index in [0.29, 0.717) is 30.2 Å².